The van der Waals surface area contributed by atoms with Crippen LogP contribution in [0, 0.1) is 12.8 Å². The molecule has 3 rings (SSSR count). The van der Waals surface area contributed by atoms with E-state index in [0.717, 1.165) is 24.9 Å². The summed E-state index contributed by atoms with van der Waals surface area (Å²) in [6.07, 6.45) is 5.95. The molecule has 1 amide bonds. The summed E-state index contributed by atoms with van der Waals surface area (Å²) < 4.78 is 0. The number of hydrogen-bond donors (Lipinski definition) is 2. The number of nitrogens with two attached hydrogens (primary N) is 1. The molecule has 2 atom stereocenters. The number of carbonyl (C=O) groups is 1. The minimum Gasteiger partial charge on any atom is -0.338 e. The molecule has 3 heterocycles. The van der Waals surface area contributed by atoms with Crippen molar-refractivity contribution >= 4 is 30.7 Å². The second-order valence-electron chi connectivity index (χ2n) is 7.33. The number of H-pyrrole nitrogens is 1. The number of likely N-dealkylation sites (tertiary alicyclic amines) is 1. The van der Waals surface area contributed by atoms with Crippen molar-refractivity contribution in [1.29, 1.82) is 0 Å². The summed E-state index contributed by atoms with van der Waals surface area (Å²) in [5.41, 5.74) is 7.62. The Morgan fingerprint density at radius 2 is 2.14 bits per heavy atom. The summed E-state index contributed by atoms with van der Waals surface area (Å²) in [6, 6.07) is 3.75. The number of carbonyl (C=O) groups excluding carboxylic acids is 1. The second-order valence-corrected chi connectivity index (χ2v) is 7.33. The number of aromatic amines is 1. The Balaban J connectivity index is 0.00000210. The fourth-order valence-electron chi connectivity index (χ4n) is 3.72. The predicted octanol–water partition coefficient (Wildman–Crippen LogP) is 2.50. The van der Waals surface area contributed by atoms with E-state index in [1.807, 2.05) is 11.0 Å². The average molecular weight is 442 g/mol. The van der Waals surface area contributed by atoms with Crippen molar-refractivity contribution in [2.45, 2.75) is 45.6 Å². The van der Waals surface area contributed by atoms with E-state index >= 15 is 0 Å². The van der Waals surface area contributed by atoms with Crippen LogP contribution in [0.4, 0.5) is 0 Å². The molecule has 0 saturated carbocycles. The third-order valence-electron chi connectivity index (χ3n) is 5.32. The number of rotatable bonds is 5. The number of halogens is 2. The van der Waals surface area contributed by atoms with Gasteiger partial charge in [-0.25, -0.2) is 4.98 Å². The molecule has 7 nitrogen and oxygen atoms in total. The largest absolute Gasteiger partial charge is 0.338 e. The van der Waals surface area contributed by atoms with Gasteiger partial charge in [-0.2, -0.15) is 0 Å². The summed E-state index contributed by atoms with van der Waals surface area (Å²) in [5, 5.41) is 0. The summed E-state index contributed by atoms with van der Waals surface area (Å²) in [4.78, 5) is 38.5. The topological polar surface area (TPSA) is 105 Å². The van der Waals surface area contributed by atoms with Gasteiger partial charge in [0.05, 0.1) is 0 Å². The molecule has 3 N–H and O–H groups in total. The quantitative estimate of drug-likeness (QED) is 0.741. The molecule has 2 aromatic heterocycles. The Labute approximate surface area is 183 Å². The van der Waals surface area contributed by atoms with Crippen LogP contribution < -0.4 is 11.3 Å². The number of hydrogen-bond acceptors (Lipinski definition) is 5. The van der Waals surface area contributed by atoms with Crippen molar-refractivity contribution in [3.05, 3.63) is 46.1 Å². The van der Waals surface area contributed by atoms with Crippen LogP contribution >= 0.6 is 24.8 Å². The van der Waals surface area contributed by atoms with E-state index in [1.54, 1.807) is 25.4 Å². The molecular formula is C20H29Cl2N5O2. The lowest BCUT2D eigenvalue weighted by Gasteiger charge is -2.38. The molecule has 1 aliphatic heterocycles. The van der Waals surface area contributed by atoms with E-state index in [0.29, 0.717) is 42.4 Å². The van der Waals surface area contributed by atoms with Crippen molar-refractivity contribution in [2.24, 2.45) is 11.7 Å². The highest BCUT2D eigenvalue weighted by Gasteiger charge is 2.28. The van der Waals surface area contributed by atoms with E-state index in [4.69, 9.17) is 5.73 Å². The standard InChI is InChI=1S/C20H27N5O2.2ClH/c1-13-7-9-25(16(10-13)11-21)18(26)6-5-17-14(2)23-19(24-20(17)27)15-4-3-8-22-12-15;;/h3-4,8,12-13,16H,5-7,9-11,21H2,1-2H3,(H,23,24,27);2*1H. The number of nitrogens with one attached hydrogen (secondary N) is 1. The van der Waals surface area contributed by atoms with Crippen LogP contribution in [0.5, 0.6) is 0 Å². The number of amides is 1. The van der Waals surface area contributed by atoms with E-state index in [9.17, 15) is 9.59 Å². The zero-order valence-electron chi connectivity index (χ0n) is 16.8. The van der Waals surface area contributed by atoms with Crippen LogP contribution in [0.15, 0.2) is 29.3 Å². The van der Waals surface area contributed by atoms with Crippen LogP contribution in [-0.2, 0) is 11.2 Å². The van der Waals surface area contributed by atoms with Gasteiger partial charge >= 0.3 is 0 Å². The summed E-state index contributed by atoms with van der Waals surface area (Å²) in [7, 11) is 0. The van der Waals surface area contributed by atoms with E-state index in [-0.39, 0.29) is 42.3 Å². The first-order valence-electron chi connectivity index (χ1n) is 9.49. The third kappa shape index (κ3) is 6.01. The minimum atomic E-state index is -0.197. The molecule has 1 saturated heterocycles. The first-order valence-corrected chi connectivity index (χ1v) is 9.49. The van der Waals surface area contributed by atoms with Gasteiger partial charge in [0.15, 0.2) is 0 Å². The second kappa shape index (κ2) is 11.3. The van der Waals surface area contributed by atoms with Crippen LogP contribution in [0.2, 0.25) is 0 Å². The molecule has 0 aliphatic carbocycles. The lowest BCUT2D eigenvalue weighted by atomic mass is 9.92. The fraction of sp³-hybridized carbons (Fsp3) is 0.500. The Bertz CT molecular complexity index is 860. The van der Waals surface area contributed by atoms with Crippen LogP contribution in [0.1, 0.15) is 37.4 Å². The molecule has 0 radical (unpaired) electrons. The molecule has 0 spiro atoms. The van der Waals surface area contributed by atoms with Gasteiger partial charge in [0, 0.05) is 54.8 Å². The van der Waals surface area contributed by atoms with Gasteiger partial charge in [-0.05, 0) is 44.2 Å². The number of piperidine rings is 1. The highest BCUT2D eigenvalue weighted by atomic mass is 35.5. The molecule has 0 aromatic carbocycles. The fourth-order valence-corrected chi connectivity index (χ4v) is 3.72. The molecule has 29 heavy (non-hydrogen) atoms. The van der Waals surface area contributed by atoms with Crippen molar-refractivity contribution in [3.63, 3.8) is 0 Å². The van der Waals surface area contributed by atoms with Gasteiger partial charge in [-0.3, -0.25) is 14.6 Å². The van der Waals surface area contributed by atoms with Gasteiger partial charge in [-0.1, -0.05) is 6.92 Å². The van der Waals surface area contributed by atoms with Gasteiger partial charge in [-0.15, -0.1) is 24.8 Å². The normalized spacial score (nSPS) is 18.5. The maximum atomic E-state index is 12.7. The Morgan fingerprint density at radius 1 is 1.38 bits per heavy atom. The zero-order valence-corrected chi connectivity index (χ0v) is 18.4. The van der Waals surface area contributed by atoms with Gasteiger partial charge in [0.25, 0.3) is 5.56 Å². The van der Waals surface area contributed by atoms with Crippen LogP contribution in [0.25, 0.3) is 11.4 Å². The van der Waals surface area contributed by atoms with Crippen molar-refractivity contribution < 1.29 is 4.79 Å². The van der Waals surface area contributed by atoms with E-state index < -0.39 is 0 Å². The van der Waals surface area contributed by atoms with Crippen molar-refractivity contribution in [2.75, 3.05) is 13.1 Å². The molecule has 2 aromatic rings. The molecule has 160 valence electrons. The molecule has 1 fully saturated rings. The van der Waals surface area contributed by atoms with Crippen LogP contribution in [-0.4, -0.2) is 44.9 Å². The number of aryl methyl sites for hydroxylation is 1. The predicted molar refractivity (Wildman–Crippen MR) is 119 cm³/mol. The van der Waals surface area contributed by atoms with E-state index in [2.05, 4.69) is 21.9 Å². The molecule has 0 bridgehead atoms. The first kappa shape index (κ1) is 25.1. The van der Waals surface area contributed by atoms with Crippen molar-refractivity contribution in [3.8, 4) is 11.4 Å². The molecular weight excluding hydrogens is 413 g/mol. The van der Waals surface area contributed by atoms with E-state index in [1.165, 1.54) is 0 Å². The monoisotopic (exact) mass is 441 g/mol. The molecule has 2 unspecified atom stereocenters. The lowest BCUT2D eigenvalue weighted by Crippen LogP contribution is -2.49. The Hall–Kier alpha value is -1.96. The van der Waals surface area contributed by atoms with Gasteiger partial charge < -0.3 is 15.6 Å². The average Bonchev–Trinajstić information content (AvgIpc) is 2.67. The molecule has 9 heteroatoms. The third-order valence-corrected chi connectivity index (χ3v) is 5.32. The SMILES string of the molecule is Cc1nc(-c2cccnc2)[nH]c(=O)c1CCC(=O)N1CCC(C)CC1CN.Cl.Cl. The number of pyridine rings is 1. The Kier molecular flexibility index (Phi) is 9.76. The van der Waals surface area contributed by atoms with Crippen LogP contribution in [0.3, 0.4) is 0 Å². The zero-order chi connectivity index (χ0) is 19.4. The highest BCUT2D eigenvalue weighted by Crippen LogP contribution is 2.23. The maximum Gasteiger partial charge on any atom is 0.254 e. The summed E-state index contributed by atoms with van der Waals surface area (Å²) >= 11 is 0. The number of aromatic nitrogens is 3. The summed E-state index contributed by atoms with van der Waals surface area (Å²) in [5.74, 6) is 1.15. The smallest absolute Gasteiger partial charge is 0.254 e. The highest BCUT2D eigenvalue weighted by molar-refractivity contribution is 5.85. The maximum absolute atomic E-state index is 12.7. The lowest BCUT2D eigenvalue weighted by molar-refractivity contribution is -0.135. The van der Waals surface area contributed by atoms with Gasteiger partial charge in [0.1, 0.15) is 5.82 Å². The van der Waals surface area contributed by atoms with Gasteiger partial charge in [0.2, 0.25) is 5.91 Å². The van der Waals surface area contributed by atoms with Crippen molar-refractivity contribution in [1.82, 2.24) is 19.9 Å². The first-order chi connectivity index (χ1) is 13.0. The summed E-state index contributed by atoms with van der Waals surface area (Å²) in [6.45, 7) is 5.23. The number of nitrogens with zero attached hydrogens (tertiary/aromatic N) is 3. The molecule has 1 aliphatic rings. The minimum absolute atomic E-state index is 0. The Morgan fingerprint density at radius 3 is 2.76 bits per heavy atom.